The lowest BCUT2D eigenvalue weighted by Gasteiger charge is -2.17. The molecule has 100 valence electrons. The molecule has 0 fully saturated rings. The maximum Gasteiger partial charge on any atom is 0.272 e. The Hall–Kier alpha value is -2.17. The van der Waals surface area contributed by atoms with Gasteiger partial charge in [-0.25, -0.2) is 5.10 Å². The standard InChI is InChI=1S/C14H17N3O2/c1-14(2,3)13(19)15-8-11-9-6-4-5-7-10(9)12(18)17-16-11/h4-7H,8H2,1-3H3,(H,15,19)(H,17,18). The molecule has 5 nitrogen and oxygen atoms in total. The summed E-state index contributed by atoms with van der Waals surface area (Å²) in [4.78, 5) is 23.5. The smallest absolute Gasteiger partial charge is 0.272 e. The highest BCUT2D eigenvalue weighted by atomic mass is 16.2. The van der Waals surface area contributed by atoms with Gasteiger partial charge in [0.15, 0.2) is 0 Å². The van der Waals surface area contributed by atoms with Crippen LogP contribution >= 0.6 is 0 Å². The molecule has 2 aromatic rings. The first-order valence-corrected chi connectivity index (χ1v) is 6.14. The maximum absolute atomic E-state index is 11.8. The molecule has 0 atom stereocenters. The van der Waals surface area contributed by atoms with Crippen LogP contribution in [0.3, 0.4) is 0 Å². The second-order valence-corrected chi connectivity index (χ2v) is 5.48. The van der Waals surface area contributed by atoms with Crippen LogP contribution in [0, 0.1) is 5.41 Å². The predicted molar refractivity (Wildman–Crippen MR) is 73.7 cm³/mol. The Morgan fingerprint density at radius 2 is 1.89 bits per heavy atom. The highest BCUT2D eigenvalue weighted by Gasteiger charge is 2.21. The molecule has 1 aromatic carbocycles. The monoisotopic (exact) mass is 259 g/mol. The van der Waals surface area contributed by atoms with Gasteiger partial charge in [-0.1, -0.05) is 39.0 Å². The zero-order valence-corrected chi connectivity index (χ0v) is 11.3. The Balaban J connectivity index is 2.30. The van der Waals surface area contributed by atoms with Crippen molar-refractivity contribution in [1.29, 1.82) is 0 Å². The van der Waals surface area contributed by atoms with Gasteiger partial charge in [0.1, 0.15) is 0 Å². The number of hydrogen-bond acceptors (Lipinski definition) is 3. The van der Waals surface area contributed by atoms with E-state index in [2.05, 4.69) is 15.5 Å². The fourth-order valence-electron chi connectivity index (χ4n) is 1.74. The van der Waals surface area contributed by atoms with Gasteiger partial charge < -0.3 is 5.32 Å². The average Bonchev–Trinajstić information content (AvgIpc) is 2.37. The van der Waals surface area contributed by atoms with Gasteiger partial charge in [0, 0.05) is 10.8 Å². The molecular formula is C14H17N3O2. The van der Waals surface area contributed by atoms with Crippen LogP contribution in [0.5, 0.6) is 0 Å². The van der Waals surface area contributed by atoms with Gasteiger partial charge >= 0.3 is 0 Å². The molecule has 0 radical (unpaired) electrons. The lowest BCUT2D eigenvalue weighted by molar-refractivity contribution is -0.128. The van der Waals surface area contributed by atoms with E-state index < -0.39 is 5.41 Å². The van der Waals surface area contributed by atoms with Crippen LogP contribution in [0.15, 0.2) is 29.1 Å². The topological polar surface area (TPSA) is 74.8 Å². The van der Waals surface area contributed by atoms with Crippen molar-refractivity contribution < 1.29 is 4.79 Å². The molecule has 2 rings (SSSR count). The molecule has 0 aliphatic carbocycles. The minimum absolute atomic E-state index is 0.0513. The summed E-state index contributed by atoms with van der Waals surface area (Å²) < 4.78 is 0. The second kappa shape index (κ2) is 4.84. The van der Waals surface area contributed by atoms with Crippen LogP contribution in [-0.4, -0.2) is 16.1 Å². The first-order valence-electron chi connectivity index (χ1n) is 6.14. The molecule has 1 amide bonds. The van der Waals surface area contributed by atoms with E-state index >= 15 is 0 Å². The zero-order chi connectivity index (χ0) is 14.0. The van der Waals surface area contributed by atoms with Gasteiger partial charge in [0.05, 0.1) is 17.6 Å². The van der Waals surface area contributed by atoms with Crippen LogP contribution < -0.4 is 10.9 Å². The molecular weight excluding hydrogens is 242 g/mol. The third-order valence-corrected chi connectivity index (χ3v) is 2.87. The van der Waals surface area contributed by atoms with Crippen LogP contribution in [0.1, 0.15) is 26.5 Å². The van der Waals surface area contributed by atoms with Crippen molar-refractivity contribution in [2.75, 3.05) is 0 Å². The lowest BCUT2D eigenvalue weighted by Crippen LogP contribution is -2.34. The Bertz CT molecular complexity index is 668. The van der Waals surface area contributed by atoms with Crippen LogP contribution in [-0.2, 0) is 11.3 Å². The predicted octanol–water partition coefficient (Wildman–Crippen LogP) is 1.59. The Morgan fingerprint density at radius 1 is 1.26 bits per heavy atom. The summed E-state index contributed by atoms with van der Waals surface area (Å²) in [5, 5.41) is 10.6. The number of rotatable bonds is 2. The van der Waals surface area contributed by atoms with E-state index in [-0.39, 0.29) is 11.5 Å². The number of amides is 1. The molecule has 0 aliphatic heterocycles. The molecule has 0 spiro atoms. The lowest BCUT2D eigenvalue weighted by atomic mass is 9.95. The summed E-state index contributed by atoms with van der Waals surface area (Å²) in [7, 11) is 0. The fraction of sp³-hybridized carbons (Fsp3) is 0.357. The molecule has 0 bridgehead atoms. The number of aromatic nitrogens is 2. The Morgan fingerprint density at radius 3 is 2.53 bits per heavy atom. The van der Waals surface area contributed by atoms with E-state index in [0.29, 0.717) is 17.6 Å². The number of carbonyl (C=O) groups excluding carboxylic acids is 1. The molecule has 1 heterocycles. The van der Waals surface area contributed by atoms with E-state index in [1.165, 1.54) is 0 Å². The third kappa shape index (κ3) is 2.81. The van der Waals surface area contributed by atoms with Gasteiger partial charge in [0.2, 0.25) is 5.91 Å². The summed E-state index contributed by atoms with van der Waals surface area (Å²) in [6, 6.07) is 7.22. The fourth-order valence-corrected chi connectivity index (χ4v) is 1.74. The Labute approximate surface area is 111 Å². The second-order valence-electron chi connectivity index (χ2n) is 5.48. The number of nitrogens with zero attached hydrogens (tertiary/aromatic N) is 1. The first kappa shape index (κ1) is 13.3. The van der Waals surface area contributed by atoms with Gasteiger partial charge in [0.25, 0.3) is 5.56 Å². The summed E-state index contributed by atoms with van der Waals surface area (Å²) >= 11 is 0. The van der Waals surface area contributed by atoms with Crippen molar-refractivity contribution in [2.45, 2.75) is 27.3 Å². The van der Waals surface area contributed by atoms with Crippen LogP contribution in [0.2, 0.25) is 0 Å². The minimum atomic E-state index is -0.446. The summed E-state index contributed by atoms with van der Waals surface area (Å²) in [6.07, 6.45) is 0. The van der Waals surface area contributed by atoms with Crippen molar-refractivity contribution >= 4 is 16.7 Å². The van der Waals surface area contributed by atoms with Crippen molar-refractivity contribution in [3.8, 4) is 0 Å². The van der Waals surface area contributed by atoms with Gasteiger partial charge in [-0.2, -0.15) is 5.10 Å². The minimum Gasteiger partial charge on any atom is -0.350 e. The SMILES string of the molecule is CC(C)(C)C(=O)NCc1n[nH]c(=O)c2ccccc12. The number of carbonyl (C=O) groups is 1. The highest BCUT2D eigenvalue weighted by Crippen LogP contribution is 2.15. The molecule has 0 aliphatic rings. The molecule has 1 aromatic heterocycles. The normalized spacial score (nSPS) is 11.5. The Kier molecular flexibility index (Phi) is 3.38. The molecule has 5 heteroatoms. The van der Waals surface area contributed by atoms with Gasteiger partial charge in [-0.3, -0.25) is 9.59 Å². The quantitative estimate of drug-likeness (QED) is 0.860. The summed E-state index contributed by atoms with van der Waals surface area (Å²) in [5.41, 5.74) is -0.00727. The zero-order valence-electron chi connectivity index (χ0n) is 11.3. The third-order valence-electron chi connectivity index (χ3n) is 2.87. The van der Waals surface area contributed by atoms with E-state index in [1.807, 2.05) is 32.9 Å². The number of aromatic amines is 1. The number of H-pyrrole nitrogens is 1. The summed E-state index contributed by atoms with van der Waals surface area (Å²) in [6.45, 7) is 5.84. The largest absolute Gasteiger partial charge is 0.350 e. The van der Waals surface area contributed by atoms with Crippen molar-refractivity contribution in [2.24, 2.45) is 5.41 Å². The molecule has 0 saturated heterocycles. The number of hydrogen-bond donors (Lipinski definition) is 2. The molecule has 19 heavy (non-hydrogen) atoms. The van der Waals surface area contributed by atoms with E-state index in [9.17, 15) is 9.59 Å². The molecule has 2 N–H and O–H groups in total. The number of benzene rings is 1. The van der Waals surface area contributed by atoms with Crippen LogP contribution in [0.4, 0.5) is 0 Å². The van der Waals surface area contributed by atoms with E-state index in [1.54, 1.807) is 12.1 Å². The first-order chi connectivity index (χ1) is 8.89. The number of fused-ring (bicyclic) bond motifs is 1. The van der Waals surface area contributed by atoms with Gasteiger partial charge in [-0.15, -0.1) is 0 Å². The van der Waals surface area contributed by atoms with E-state index in [4.69, 9.17) is 0 Å². The van der Waals surface area contributed by atoms with Crippen LogP contribution in [0.25, 0.3) is 10.8 Å². The molecule has 0 saturated carbocycles. The van der Waals surface area contributed by atoms with Crippen molar-refractivity contribution in [1.82, 2.24) is 15.5 Å². The maximum atomic E-state index is 11.8. The molecule has 0 unspecified atom stereocenters. The number of nitrogens with one attached hydrogen (secondary N) is 2. The van der Waals surface area contributed by atoms with Gasteiger partial charge in [-0.05, 0) is 6.07 Å². The van der Waals surface area contributed by atoms with Crippen molar-refractivity contribution in [3.05, 3.63) is 40.3 Å². The summed E-state index contributed by atoms with van der Waals surface area (Å²) in [5.74, 6) is -0.0513. The van der Waals surface area contributed by atoms with E-state index in [0.717, 1.165) is 5.39 Å². The van der Waals surface area contributed by atoms with Crippen molar-refractivity contribution in [3.63, 3.8) is 0 Å². The average molecular weight is 259 g/mol. The highest BCUT2D eigenvalue weighted by molar-refractivity contribution is 5.85.